The lowest BCUT2D eigenvalue weighted by Gasteiger charge is -2.29. The summed E-state index contributed by atoms with van der Waals surface area (Å²) in [5, 5.41) is 0.458. The molecule has 2 aromatic carbocycles. The van der Waals surface area contributed by atoms with Gasteiger partial charge >= 0.3 is 6.36 Å². The Morgan fingerprint density at radius 3 is 2.61 bits per heavy atom. The third-order valence-corrected chi connectivity index (χ3v) is 6.37. The zero-order chi connectivity index (χ0) is 23.4. The van der Waals surface area contributed by atoms with Gasteiger partial charge in [-0.25, -0.2) is 4.98 Å². The van der Waals surface area contributed by atoms with Crippen molar-refractivity contribution in [2.75, 3.05) is 44.3 Å². The van der Waals surface area contributed by atoms with Gasteiger partial charge in [-0.05, 0) is 24.6 Å². The zero-order valence-electron chi connectivity index (χ0n) is 18.1. The molecule has 1 aliphatic rings. The summed E-state index contributed by atoms with van der Waals surface area (Å²) in [7, 11) is 0. The summed E-state index contributed by atoms with van der Waals surface area (Å²) < 4.78 is 47.7. The van der Waals surface area contributed by atoms with Gasteiger partial charge in [0.25, 0.3) is 0 Å². The fourth-order valence-corrected chi connectivity index (χ4v) is 4.61. The standard InChI is InChI=1S/C23H24F3N3O3S/c1-16-2-4-17(5-3-16)14-21(30)29(9-8-28-10-12-31-13-11-28)22-27-19-7-6-18(15-20(19)33-22)32-23(24,25)26/h2-7,15H,8-14H2,1H3. The van der Waals surface area contributed by atoms with Gasteiger partial charge in [-0.15, -0.1) is 13.2 Å². The molecule has 1 amide bonds. The van der Waals surface area contributed by atoms with E-state index in [0.717, 1.165) is 24.2 Å². The van der Waals surface area contributed by atoms with E-state index in [1.165, 1.54) is 29.5 Å². The molecule has 33 heavy (non-hydrogen) atoms. The van der Waals surface area contributed by atoms with E-state index >= 15 is 0 Å². The van der Waals surface area contributed by atoms with Crippen molar-refractivity contribution in [1.82, 2.24) is 9.88 Å². The van der Waals surface area contributed by atoms with Gasteiger partial charge < -0.3 is 9.47 Å². The van der Waals surface area contributed by atoms with E-state index in [2.05, 4.69) is 14.6 Å². The van der Waals surface area contributed by atoms with Crippen LogP contribution in [0.2, 0.25) is 0 Å². The third-order valence-electron chi connectivity index (χ3n) is 5.33. The average molecular weight is 480 g/mol. The summed E-state index contributed by atoms with van der Waals surface area (Å²) in [6.45, 7) is 5.95. The molecule has 6 nitrogen and oxygen atoms in total. The fourth-order valence-electron chi connectivity index (χ4n) is 3.57. The maximum atomic E-state index is 13.3. The fraction of sp³-hybridized carbons (Fsp3) is 0.391. The number of aryl methyl sites for hydroxylation is 1. The Morgan fingerprint density at radius 1 is 1.18 bits per heavy atom. The molecule has 0 saturated carbocycles. The minimum absolute atomic E-state index is 0.113. The summed E-state index contributed by atoms with van der Waals surface area (Å²) in [4.78, 5) is 21.7. The molecule has 0 unspecified atom stereocenters. The number of amides is 1. The van der Waals surface area contributed by atoms with Gasteiger partial charge in [-0.1, -0.05) is 41.2 Å². The number of benzene rings is 2. The first kappa shape index (κ1) is 23.5. The normalized spacial score (nSPS) is 15.0. The Hall–Kier alpha value is -2.69. The van der Waals surface area contributed by atoms with Crippen LogP contribution in [-0.2, 0) is 16.0 Å². The van der Waals surface area contributed by atoms with Crippen LogP contribution in [0.3, 0.4) is 0 Å². The molecule has 1 saturated heterocycles. The number of ether oxygens (including phenoxy) is 2. The van der Waals surface area contributed by atoms with E-state index in [-0.39, 0.29) is 18.1 Å². The van der Waals surface area contributed by atoms with Crippen molar-refractivity contribution >= 4 is 32.6 Å². The second kappa shape index (κ2) is 10.1. The van der Waals surface area contributed by atoms with E-state index < -0.39 is 6.36 Å². The van der Waals surface area contributed by atoms with Crippen LogP contribution in [0.5, 0.6) is 5.75 Å². The number of aromatic nitrogens is 1. The number of alkyl halides is 3. The molecule has 10 heteroatoms. The number of carbonyl (C=O) groups is 1. The minimum Gasteiger partial charge on any atom is -0.406 e. The third kappa shape index (κ3) is 6.43. The molecule has 1 aliphatic heterocycles. The van der Waals surface area contributed by atoms with E-state index in [9.17, 15) is 18.0 Å². The van der Waals surface area contributed by atoms with Crippen molar-refractivity contribution in [3.8, 4) is 5.75 Å². The molecule has 1 fully saturated rings. The van der Waals surface area contributed by atoms with Gasteiger partial charge in [0, 0.05) is 32.2 Å². The molecule has 4 rings (SSSR count). The number of morpholine rings is 1. The van der Waals surface area contributed by atoms with Crippen LogP contribution in [0.4, 0.5) is 18.3 Å². The lowest BCUT2D eigenvalue weighted by Crippen LogP contribution is -2.43. The molecular weight excluding hydrogens is 455 g/mol. The number of hydrogen-bond donors (Lipinski definition) is 0. The van der Waals surface area contributed by atoms with Crippen molar-refractivity contribution in [3.63, 3.8) is 0 Å². The highest BCUT2D eigenvalue weighted by Gasteiger charge is 2.31. The Balaban J connectivity index is 1.57. The average Bonchev–Trinajstić information content (AvgIpc) is 3.18. The molecule has 0 N–H and O–H groups in total. The summed E-state index contributed by atoms with van der Waals surface area (Å²) in [6, 6.07) is 11.8. The lowest BCUT2D eigenvalue weighted by molar-refractivity contribution is -0.274. The van der Waals surface area contributed by atoms with Gasteiger partial charge in [0.2, 0.25) is 5.91 Å². The number of fused-ring (bicyclic) bond motifs is 1. The van der Waals surface area contributed by atoms with Gasteiger partial charge in [0.1, 0.15) is 5.75 Å². The van der Waals surface area contributed by atoms with E-state index in [4.69, 9.17) is 4.74 Å². The first-order valence-electron chi connectivity index (χ1n) is 10.6. The maximum Gasteiger partial charge on any atom is 0.573 e. The number of rotatable bonds is 7. The van der Waals surface area contributed by atoms with Crippen LogP contribution >= 0.6 is 11.3 Å². The molecule has 0 spiro atoms. The van der Waals surface area contributed by atoms with E-state index in [0.29, 0.717) is 41.7 Å². The monoisotopic (exact) mass is 479 g/mol. The first-order chi connectivity index (χ1) is 15.8. The molecule has 3 aromatic rings. The molecule has 0 bridgehead atoms. The quantitative estimate of drug-likeness (QED) is 0.503. The highest BCUT2D eigenvalue weighted by Crippen LogP contribution is 2.33. The lowest BCUT2D eigenvalue weighted by atomic mass is 10.1. The van der Waals surface area contributed by atoms with Gasteiger partial charge in [-0.3, -0.25) is 14.6 Å². The highest BCUT2D eigenvalue weighted by molar-refractivity contribution is 7.22. The Labute approximate surface area is 193 Å². The largest absolute Gasteiger partial charge is 0.573 e. The maximum absolute atomic E-state index is 13.3. The predicted octanol–water partition coefficient (Wildman–Crippen LogP) is 4.41. The molecule has 1 aromatic heterocycles. The Bertz CT molecular complexity index is 1100. The second-order valence-electron chi connectivity index (χ2n) is 7.84. The number of hydrogen-bond acceptors (Lipinski definition) is 6. The number of halogens is 3. The highest BCUT2D eigenvalue weighted by atomic mass is 32.1. The predicted molar refractivity (Wildman–Crippen MR) is 121 cm³/mol. The number of carbonyl (C=O) groups excluding carboxylic acids is 1. The van der Waals surface area contributed by atoms with Crippen LogP contribution in [-0.4, -0.2) is 61.5 Å². The minimum atomic E-state index is -4.77. The first-order valence-corrected chi connectivity index (χ1v) is 11.4. The second-order valence-corrected chi connectivity index (χ2v) is 8.84. The Kier molecular flexibility index (Phi) is 7.16. The van der Waals surface area contributed by atoms with Crippen LogP contribution in [0.15, 0.2) is 42.5 Å². The molecular formula is C23H24F3N3O3S. The summed E-state index contributed by atoms with van der Waals surface area (Å²) in [5.41, 5.74) is 2.52. The topological polar surface area (TPSA) is 54.9 Å². The molecule has 0 radical (unpaired) electrons. The van der Waals surface area contributed by atoms with Gasteiger partial charge in [0.05, 0.1) is 29.9 Å². The number of nitrogens with zero attached hydrogens (tertiary/aromatic N) is 3. The van der Waals surface area contributed by atoms with Crippen LogP contribution < -0.4 is 9.64 Å². The van der Waals surface area contributed by atoms with Gasteiger partial charge in [-0.2, -0.15) is 0 Å². The summed E-state index contributed by atoms with van der Waals surface area (Å²) in [6.07, 6.45) is -4.56. The van der Waals surface area contributed by atoms with Crippen molar-refractivity contribution < 1.29 is 27.4 Å². The molecule has 0 atom stereocenters. The number of anilines is 1. The molecule has 176 valence electrons. The summed E-state index contributed by atoms with van der Waals surface area (Å²) in [5.74, 6) is -0.422. The number of thiazole rings is 1. The van der Waals surface area contributed by atoms with Crippen molar-refractivity contribution in [1.29, 1.82) is 0 Å². The van der Waals surface area contributed by atoms with E-state index in [1.807, 2.05) is 31.2 Å². The summed E-state index contributed by atoms with van der Waals surface area (Å²) >= 11 is 1.18. The zero-order valence-corrected chi connectivity index (χ0v) is 18.9. The SMILES string of the molecule is Cc1ccc(CC(=O)N(CCN2CCOCC2)c2nc3ccc(OC(F)(F)F)cc3s2)cc1. The van der Waals surface area contributed by atoms with Crippen molar-refractivity contribution in [2.45, 2.75) is 19.7 Å². The van der Waals surface area contributed by atoms with Crippen LogP contribution in [0.1, 0.15) is 11.1 Å². The smallest absolute Gasteiger partial charge is 0.406 e. The molecule has 0 aliphatic carbocycles. The Morgan fingerprint density at radius 2 is 1.91 bits per heavy atom. The van der Waals surface area contributed by atoms with Crippen LogP contribution in [0, 0.1) is 6.92 Å². The van der Waals surface area contributed by atoms with E-state index in [1.54, 1.807) is 4.90 Å². The van der Waals surface area contributed by atoms with Gasteiger partial charge in [0.15, 0.2) is 5.13 Å². The van der Waals surface area contributed by atoms with Crippen molar-refractivity contribution in [3.05, 3.63) is 53.6 Å². The van der Waals surface area contributed by atoms with Crippen molar-refractivity contribution in [2.24, 2.45) is 0 Å². The van der Waals surface area contributed by atoms with Crippen LogP contribution in [0.25, 0.3) is 10.2 Å². The molecule has 2 heterocycles.